The SMILES string of the molecule is Cc1ccc(CN2CCN(C/C=C\c3ccccc3)CC2)cc1. The number of nitrogens with zero attached hydrogens (tertiary/aromatic N) is 2. The molecule has 2 aromatic carbocycles. The van der Waals surface area contributed by atoms with Crippen molar-refractivity contribution in [3.63, 3.8) is 0 Å². The number of benzene rings is 2. The molecule has 0 aliphatic carbocycles. The Balaban J connectivity index is 1.41. The van der Waals surface area contributed by atoms with Gasteiger partial charge in [-0.3, -0.25) is 9.80 Å². The molecule has 0 aromatic heterocycles. The lowest BCUT2D eigenvalue weighted by atomic mass is 10.1. The highest BCUT2D eigenvalue weighted by Crippen LogP contribution is 2.10. The molecule has 0 saturated carbocycles. The van der Waals surface area contributed by atoms with E-state index >= 15 is 0 Å². The van der Waals surface area contributed by atoms with Crippen molar-refractivity contribution >= 4 is 6.08 Å². The van der Waals surface area contributed by atoms with E-state index in [1.165, 1.54) is 16.7 Å². The van der Waals surface area contributed by atoms with Gasteiger partial charge < -0.3 is 0 Å². The van der Waals surface area contributed by atoms with Crippen LogP contribution in [0.15, 0.2) is 60.7 Å². The fraction of sp³-hybridized carbons (Fsp3) is 0.333. The topological polar surface area (TPSA) is 6.48 Å². The molecule has 1 fully saturated rings. The molecule has 0 atom stereocenters. The highest BCUT2D eigenvalue weighted by atomic mass is 15.3. The van der Waals surface area contributed by atoms with E-state index in [9.17, 15) is 0 Å². The predicted molar refractivity (Wildman–Crippen MR) is 98.4 cm³/mol. The molecule has 120 valence electrons. The van der Waals surface area contributed by atoms with E-state index < -0.39 is 0 Å². The average molecular weight is 306 g/mol. The maximum absolute atomic E-state index is 2.56. The Bertz CT molecular complexity index is 608. The quantitative estimate of drug-likeness (QED) is 0.828. The second-order valence-electron chi connectivity index (χ2n) is 6.38. The van der Waals surface area contributed by atoms with Gasteiger partial charge in [-0.1, -0.05) is 72.3 Å². The van der Waals surface area contributed by atoms with Crippen molar-refractivity contribution in [1.82, 2.24) is 9.80 Å². The van der Waals surface area contributed by atoms with E-state index in [2.05, 4.69) is 83.5 Å². The van der Waals surface area contributed by atoms with Crippen LogP contribution in [-0.4, -0.2) is 42.5 Å². The largest absolute Gasteiger partial charge is 0.297 e. The number of hydrogen-bond acceptors (Lipinski definition) is 2. The summed E-state index contributed by atoms with van der Waals surface area (Å²) in [7, 11) is 0. The van der Waals surface area contributed by atoms with E-state index in [1.807, 2.05) is 0 Å². The third-order valence-corrected chi connectivity index (χ3v) is 4.47. The van der Waals surface area contributed by atoms with Crippen molar-refractivity contribution in [3.8, 4) is 0 Å². The molecule has 1 aliphatic rings. The molecule has 2 nitrogen and oxygen atoms in total. The van der Waals surface area contributed by atoms with Crippen molar-refractivity contribution in [3.05, 3.63) is 77.4 Å². The molecule has 1 aliphatic heterocycles. The Morgan fingerprint density at radius 3 is 2.17 bits per heavy atom. The van der Waals surface area contributed by atoms with Gasteiger partial charge in [0.25, 0.3) is 0 Å². The Labute approximate surface area is 140 Å². The van der Waals surface area contributed by atoms with Gasteiger partial charge in [0, 0.05) is 39.3 Å². The molecule has 1 heterocycles. The summed E-state index contributed by atoms with van der Waals surface area (Å²) < 4.78 is 0. The van der Waals surface area contributed by atoms with Gasteiger partial charge in [0.15, 0.2) is 0 Å². The smallest absolute Gasteiger partial charge is 0.0234 e. The van der Waals surface area contributed by atoms with Crippen LogP contribution in [0, 0.1) is 6.92 Å². The van der Waals surface area contributed by atoms with Gasteiger partial charge in [-0.2, -0.15) is 0 Å². The van der Waals surface area contributed by atoms with Crippen LogP contribution in [-0.2, 0) is 6.54 Å². The van der Waals surface area contributed by atoms with Crippen LogP contribution in [0.25, 0.3) is 6.08 Å². The van der Waals surface area contributed by atoms with E-state index in [0.717, 1.165) is 39.3 Å². The maximum Gasteiger partial charge on any atom is 0.0234 e. The van der Waals surface area contributed by atoms with Gasteiger partial charge in [0.2, 0.25) is 0 Å². The fourth-order valence-electron chi connectivity index (χ4n) is 2.98. The van der Waals surface area contributed by atoms with Crippen molar-refractivity contribution in [2.75, 3.05) is 32.7 Å². The van der Waals surface area contributed by atoms with E-state index in [0.29, 0.717) is 0 Å². The monoisotopic (exact) mass is 306 g/mol. The first kappa shape index (κ1) is 16.0. The predicted octanol–water partition coefficient (Wildman–Crippen LogP) is 3.83. The second-order valence-corrected chi connectivity index (χ2v) is 6.38. The summed E-state index contributed by atoms with van der Waals surface area (Å²) in [5.41, 5.74) is 4.04. The minimum atomic E-state index is 1.05. The normalized spacial score (nSPS) is 16.9. The first-order valence-electron chi connectivity index (χ1n) is 8.51. The molecule has 0 radical (unpaired) electrons. The molecular formula is C21H26N2. The second kappa shape index (κ2) is 8.09. The van der Waals surface area contributed by atoms with E-state index in [4.69, 9.17) is 0 Å². The third-order valence-electron chi connectivity index (χ3n) is 4.47. The summed E-state index contributed by atoms with van der Waals surface area (Å²) in [6, 6.07) is 19.5. The zero-order chi connectivity index (χ0) is 15.9. The highest BCUT2D eigenvalue weighted by molar-refractivity contribution is 5.48. The number of aryl methyl sites for hydroxylation is 1. The van der Waals surface area contributed by atoms with Crippen LogP contribution in [0.2, 0.25) is 0 Å². The molecule has 0 spiro atoms. The molecule has 0 bridgehead atoms. The van der Waals surface area contributed by atoms with Crippen molar-refractivity contribution in [2.24, 2.45) is 0 Å². The van der Waals surface area contributed by atoms with Crippen molar-refractivity contribution < 1.29 is 0 Å². The summed E-state index contributed by atoms with van der Waals surface area (Å²) >= 11 is 0. The molecular weight excluding hydrogens is 280 g/mol. The molecule has 0 unspecified atom stereocenters. The Morgan fingerprint density at radius 2 is 1.48 bits per heavy atom. The lowest BCUT2D eigenvalue weighted by Crippen LogP contribution is -2.45. The van der Waals surface area contributed by atoms with Gasteiger partial charge in [0.05, 0.1) is 0 Å². The Kier molecular flexibility index (Phi) is 5.62. The zero-order valence-electron chi connectivity index (χ0n) is 14.0. The van der Waals surface area contributed by atoms with Gasteiger partial charge in [-0.25, -0.2) is 0 Å². The molecule has 2 aromatic rings. The van der Waals surface area contributed by atoms with Crippen LogP contribution >= 0.6 is 0 Å². The number of hydrogen-bond donors (Lipinski definition) is 0. The summed E-state index contributed by atoms with van der Waals surface area (Å²) in [6.07, 6.45) is 4.50. The minimum absolute atomic E-state index is 1.05. The van der Waals surface area contributed by atoms with Gasteiger partial charge in [0.1, 0.15) is 0 Å². The van der Waals surface area contributed by atoms with Gasteiger partial charge >= 0.3 is 0 Å². The number of rotatable bonds is 5. The van der Waals surface area contributed by atoms with Crippen LogP contribution in [0.3, 0.4) is 0 Å². The lowest BCUT2D eigenvalue weighted by molar-refractivity contribution is 0.137. The summed E-state index contributed by atoms with van der Waals surface area (Å²) in [5, 5.41) is 0. The van der Waals surface area contributed by atoms with Crippen LogP contribution in [0.1, 0.15) is 16.7 Å². The fourth-order valence-corrected chi connectivity index (χ4v) is 2.98. The summed E-state index contributed by atoms with van der Waals surface area (Å²) in [5.74, 6) is 0. The van der Waals surface area contributed by atoms with Crippen LogP contribution in [0.4, 0.5) is 0 Å². The van der Waals surface area contributed by atoms with Crippen LogP contribution in [0.5, 0.6) is 0 Å². The summed E-state index contributed by atoms with van der Waals surface area (Å²) in [6.45, 7) is 8.91. The molecule has 0 amide bonds. The first-order chi connectivity index (χ1) is 11.3. The Hall–Kier alpha value is -1.90. The molecule has 1 saturated heterocycles. The molecule has 0 N–H and O–H groups in total. The molecule has 3 rings (SSSR count). The third kappa shape index (κ3) is 5.05. The van der Waals surface area contributed by atoms with E-state index in [-0.39, 0.29) is 0 Å². The summed E-state index contributed by atoms with van der Waals surface area (Å²) in [4.78, 5) is 5.09. The highest BCUT2D eigenvalue weighted by Gasteiger charge is 2.15. The average Bonchev–Trinajstić information content (AvgIpc) is 2.59. The number of piperazine rings is 1. The van der Waals surface area contributed by atoms with Crippen molar-refractivity contribution in [1.29, 1.82) is 0 Å². The maximum atomic E-state index is 2.56. The zero-order valence-corrected chi connectivity index (χ0v) is 14.0. The lowest BCUT2D eigenvalue weighted by Gasteiger charge is -2.34. The van der Waals surface area contributed by atoms with Crippen molar-refractivity contribution in [2.45, 2.75) is 13.5 Å². The minimum Gasteiger partial charge on any atom is -0.297 e. The molecule has 23 heavy (non-hydrogen) atoms. The molecule has 2 heteroatoms. The van der Waals surface area contributed by atoms with E-state index in [1.54, 1.807) is 0 Å². The first-order valence-corrected chi connectivity index (χ1v) is 8.51. The van der Waals surface area contributed by atoms with Gasteiger partial charge in [-0.15, -0.1) is 0 Å². The van der Waals surface area contributed by atoms with Gasteiger partial charge in [-0.05, 0) is 18.1 Å². The van der Waals surface area contributed by atoms with Crippen LogP contribution < -0.4 is 0 Å². The standard InChI is InChI=1S/C21H26N2/c1-19-9-11-21(12-10-19)18-23-16-14-22(15-17-23)13-5-8-20-6-3-2-4-7-20/h2-12H,13-18H2,1H3/b8-5-. The Morgan fingerprint density at radius 1 is 0.826 bits per heavy atom.